The lowest BCUT2D eigenvalue weighted by molar-refractivity contribution is -0.149. The van der Waals surface area contributed by atoms with Crippen molar-refractivity contribution < 1.29 is 14.3 Å². The molecule has 2 fully saturated rings. The van der Waals surface area contributed by atoms with Crippen LogP contribution in [0.4, 0.5) is 0 Å². The number of hydrogen-bond donors (Lipinski definition) is 0. The summed E-state index contributed by atoms with van der Waals surface area (Å²) in [6.07, 6.45) is 0.790. The number of nitrogens with zero attached hydrogens (tertiary/aromatic N) is 3. The minimum absolute atomic E-state index is 0.0344. The number of carbonyl (C=O) groups excluding carboxylic acids is 2. The largest absolute Gasteiger partial charge is 0.374 e. The highest BCUT2D eigenvalue weighted by molar-refractivity contribution is 5.92. The van der Waals surface area contributed by atoms with Gasteiger partial charge in [-0.2, -0.15) is 0 Å². The van der Waals surface area contributed by atoms with Gasteiger partial charge in [0, 0.05) is 32.3 Å². The first kappa shape index (κ1) is 15.0. The molecule has 0 bridgehead atoms. The monoisotopic (exact) mass is 303 g/mol. The Morgan fingerprint density at radius 3 is 2.86 bits per heavy atom. The van der Waals surface area contributed by atoms with E-state index >= 15 is 0 Å². The third kappa shape index (κ3) is 2.83. The number of rotatable bonds is 1. The van der Waals surface area contributed by atoms with Crippen molar-refractivity contribution in [2.24, 2.45) is 0 Å². The standard InChI is InChI=1S/C16H21N3O3/c1-11-4-3-5-13(17-11)16(21)18-7-6-15-14(10-18)19(12(2)20)8-9-22-15/h3-5,14-15H,6-10H2,1-2H3/t14-,15-/m0/s1. The number of hydrogen-bond acceptors (Lipinski definition) is 4. The highest BCUT2D eigenvalue weighted by Crippen LogP contribution is 2.24. The smallest absolute Gasteiger partial charge is 0.272 e. The van der Waals surface area contributed by atoms with Crippen molar-refractivity contribution in [3.63, 3.8) is 0 Å². The van der Waals surface area contributed by atoms with E-state index in [1.165, 1.54) is 0 Å². The molecule has 0 spiro atoms. The number of ether oxygens (including phenoxy) is 1. The van der Waals surface area contributed by atoms with Gasteiger partial charge in [0.05, 0.1) is 18.8 Å². The van der Waals surface area contributed by atoms with Gasteiger partial charge in [-0.25, -0.2) is 4.98 Å². The van der Waals surface area contributed by atoms with Crippen LogP contribution in [0.5, 0.6) is 0 Å². The Bertz CT molecular complexity index is 590. The van der Waals surface area contributed by atoms with Gasteiger partial charge >= 0.3 is 0 Å². The van der Waals surface area contributed by atoms with E-state index in [4.69, 9.17) is 4.74 Å². The molecule has 22 heavy (non-hydrogen) atoms. The summed E-state index contributed by atoms with van der Waals surface area (Å²) in [5.74, 6) is -0.0301. The number of morpholine rings is 1. The van der Waals surface area contributed by atoms with Crippen LogP contribution in [0.25, 0.3) is 0 Å². The Morgan fingerprint density at radius 2 is 2.14 bits per heavy atom. The highest BCUT2D eigenvalue weighted by atomic mass is 16.5. The summed E-state index contributed by atoms with van der Waals surface area (Å²) in [6, 6.07) is 5.40. The normalized spacial score (nSPS) is 24.8. The van der Waals surface area contributed by atoms with Crippen LogP contribution in [-0.2, 0) is 9.53 Å². The maximum Gasteiger partial charge on any atom is 0.272 e. The molecular formula is C16H21N3O3. The fourth-order valence-corrected chi connectivity index (χ4v) is 3.27. The number of likely N-dealkylation sites (tertiary alicyclic amines) is 1. The summed E-state index contributed by atoms with van der Waals surface area (Å²) < 4.78 is 5.77. The average molecular weight is 303 g/mol. The van der Waals surface area contributed by atoms with Gasteiger partial charge in [0.1, 0.15) is 5.69 Å². The summed E-state index contributed by atoms with van der Waals surface area (Å²) in [5, 5.41) is 0. The summed E-state index contributed by atoms with van der Waals surface area (Å²) in [7, 11) is 0. The second-order valence-electron chi connectivity index (χ2n) is 5.89. The molecule has 2 saturated heterocycles. The maximum atomic E-state index is 12.6. The van der Waals surface area contributed by atoms with Crippen LogP contribution in [0, 0.1) is 6.92 Å². The lowest BCUT2D eigenvalue weighted by Gasteiger charge is -2.46. The van der Waals surface area contributed by atoms with Gasteiger partial charge in [-0.1, -0.05) is 6.07 Å². The van der Waals surface area contributed by atoms with Crippen LogP contribution in [0.3, 0.4) is 0 Å². The fourth-order valence-electron chi connectivity index (χ4n) is 3.27. The van der Waals surface area contributed by atoms with E-state index in [0.717, 1.165) is 12.1 Å². The summed E-state index contributed by atoms with van der Waals surface area (Å²) in [6.45, 7) is 5.77. The molecule has 0 aromatic carbocycles. The molecule has 2 amide bonds. The van der Waals surface area contributed by atoms with E-state index < -0.39 is 0 Å². The van der Waals surface area contributed by atoms with Crippen molar-refractivity contribution in [2.75, 3.05) is 26.2 Å². The molecule has 6 heteroatoms. The van der Waals surface area contributed by atoms with E-state index in [1.54, 1.807) is 17.9 Å². The van der Waals surface area contributed by atoms with Gasteiger partial charge in [0.25, 0.3) is 5.91 Å². The SMILES string of the molecule is CC(=O)N1CCO[C@H]2CCN(C(=O)c3cccc(C)n3)C[C@@H]21. The zero-order valence-electron chi connectivity index (χ0n) is 13.0. The number of pyridine rings is 1. The minimum atomic E-state index is -0.0729. The molecule has 2 aliphatic heterocycles. The molecule has 0 unspecified atom stereocenters. The lowest BCUT2D eigenvalue weighted by atomic mass is 9.98. The van der Waals surface area contributed by atoms with E-state index in [-0.39, 0.29) is 24.0 Å². The molecule has 3 heterocycles. The van der Waals surface area contributed by atoms with Gasteiger partial charge in [0.15, 0.2) is 0 Å². The Balaban J connectivity index is 1.76. The zero-order valence-corrected chi connectivity index (χ0v) is 13.0. The van der Waals surface area contributed by atoms with Crippen LogP contribution in [0.1, 0.15) is 29.5 Å². The third-order valence-electron chi connectivity index (χ3n) is 4.38. The zero-order chi connectivity index (χ0) is 15.7. The fraction of sp³-hybridized carbons (Fsp3) is 0.562. The van der Waals surface area contributed by atoms with Gasteiger partial charge < -0.3 is 14.5 Å². The molecule has 0 aliphatic carbocycles. The number of piperidine rings is 1. The number of fused-ring (bicyclic) bond motifs is 1. The van der Waals surface area contributed by atoms with Crippen molar-refractivity contribution >= 4 is 11.8 Å². The van der Waals surface area contributed by atoms with Crippen LogP contribution in [0.2, 0.25) is 0 Å². The molecule has 0 N–H and O–H groups in total. The van der Waals surface area contributed by atoms with Gasteiger partial charge in [-0.15, -0.1) is 0 Å². The second kappa shape index (κ2) is 6.04. The molecular weight excluding hydrogens is 282 g/mol. The molecule has 118 valence electrons. The van der Waals surface area contributed by atoms with Crippen LogP contribution >= 0.6 is 0 Å². The third-order valence-corrected chi connectivity index (χ3v) is 4.38. The quantitative estimate of drug-likeness (QED) is 0.772. The number of aryl methyl sites for hydroxylation is 1. The Kier molecular flexibility index (Phi) is 4.11. The first-order valence-electron chi connectivity index (χ1n) is 7.68. The van der Waals surface area contributed by atoms with Crippen LogP contribution in [-0.4, -0.2) is 65.0 Å². The van der Waals surface area contributed by atoms with E-state index in [1.807, 2.05) is 24.0 Å². The van der Waals surface area contributed by atoms with Crippen molar-refractivity contribution in [1.82, 2.24) is 14.8 Å². The van der Waals surface area contributed by atoms with E-state index in [0.29, 0.717) is 31.9 Å². The Morgan fingerprint density at radius 1 is 1.32 bits per heavy atom. The number of aromatic nitrogens is 1. The molecule has 1 aromatic rings. The number of carbonyl (C=O) groups is 2. The van der Waals surface area contributed by atoms with Crippen molar-refractivity contribution in [1.29, 1.82) is 0 Å². The lowest BCUT2D eigenvalue weighted by Crippen LogP contribution is -2.61. The highest BCUT2D eigenvalue weighted by Gasteiger charge is 2.39. The maximum absolute atomic E-state index is 12.6. The number of amides is 2. The Labute approximate surface area is 130 Å². The topological polar surface area (TPSA) is 62.7 Å². The van der Waals surface area contributed by atoms with Crippen LogP contribution < -0.4 is 0 Å². The first-order valence-corrected chi connectivity index (χ1v) is 7.68. The molecule has 1 aromatic heterocycles. The molecule has 0 saturated carbocycles. The van der Waals surface area contributed by atoms with Crippen molar-refractivity contribution in [3.05, 3.63) is 29.6 Å². The first-order chi connectivity index (χ1) is 10.6. The van der Waals surface area contributed by atoms with E-state index in [2.05, 4.69) is 4.98 Å². The van der Waals surface area contributed by atoms with Gasteiger partial charge in [-0.05, 0) is 25.5 Å². The summed E-state index contributed by atoms with van der Waals surface area (Å²) in [4.78, 5) is 32.3. The molecule has 2 aliphatic rings. The predicted molar refractivity (Wildman–Crippen MR) is 80.4 cm³/mol. The van der Waals surface area contributed by atoms with E-state index in [9.17, 15) is 9.59 Å². The Hall–Kier alpha value is -1.95. The second-order valence-corrected chi connectivity index (χ2v) is 5.89. The van der Waals surface area contributed by atoms with Crippen molar-refractivity contribution in [2.45, 2.75) is 32.4 Å². The van der Waals surface area contributed by atoms with Gasteiger partial charge in [0.2, 0.25) is 5.91 Å². The van der Waals surface area contributed by atoms with Crippen LogP contribution in [0.15, 0.2) is 18.2 Å². The van der Waals surface area contributed by atoms with Gasteiger partial charge in [-0.3, -0.25) is 9.59 Å². The molecule has 3 rings (SSSR count). The summed E-state index contributed by atoms with van der Waals surface area (Å²) in [5.41, 5.74) is 1.29. The minimum Gasteiger partial charge on any atom is -0.374 e. The molecule has 6 nitrogen and oxygen atoms in total. The summed E-state index contributed by atoms with van der Waals surface area (Å²) >= 11 is 0. The van der Waals surface area contributed by atoms with Crippen molar-refractivity contribution in [3.8, 4) is 0 Å². The molecule has 0 radical (unpaired) electrons. The predicted octanol–water partition coefficient (Wildman–Crippen LogP) is 0.852. The average Bonchev–Trinajstić information content (AvgIpc) is 2.53. The molecule has 2 atom stereocenters.